The number of nitrogens with zero attached hydrogens (tertiary/aromatic N) is 2. The van der Waals surface area contributed by atoms with Crippen LogP contribution in [0.15, 0.2) is 81.4 Å². The zero-order valence-electron chi connectivity index (χ0n) is 18.1. The zero-order chi connectivity index (χ0) is 25.8. The van der Waals surface area contributed by atoms with Crippen molar-refractivity contribution >= 4 is 81.2 Å². The Morgan fingerprint density at radius 3 is 2.50 bits per heavy atom. The molecule has 0 aromatic heterocycles. The number of benzene rings is 3. The Bertz CT molecular complexity index is 1410. The molecule has 1 heterocycles. The largest absolute Gasteiger partial charge is 0.324 e. The second-order valence-electron chi connectivity index (χ2n) is 7.37. The van der Waals surface area contributed by atoms with E-state index in [1.54, 1.807) is 54.6 Å². The first-order chi connectivity index (χ1) is 17.2. The highest BCUT2D eigenvalue weighted by Gasteiger charge is 2.36. The van der Waals surface area contributed by atoms with Gasteiger partial charge in [0.2, 0.25) is 5.91 Å². The first kappa shape index (κ1) is 25.8. The molecule has 1 saturated heterocycles. The van der Waals surface area contributed by atoms with E-state index < -0.39 is 28.5 Å². The molecular formula is C24H15Cl2N3O5S2. The molecule has 0 bridgehead atoms. The second-order valence-corrected chi connectivity index (χ2v) is 10.3. The summed E-state index contributed by atoms with van der Waals surface area (Å²) in [5.41, 5.74) is 0.652. The van der Waals surface area contributed by atoms with Crippen LogP contribution in [0, 0.1) is 10.1 Å². The molecule has 0 unspecified atom stereocenters. The van der Waals surface area contributed by atoms with Gasteiger partial charge in [0.05, 0.1) is 14.7 Å². The number of carbonyl (C=O) groups is 3. The molecular weight excluding hydrogens is 545 g/mol. The van der Waals surface area contributed by atoms with Gasteiger partial charge < -0.3 is 5.32 Å². The van der Waals surface area contributed by atoms with E-state index in [1.165, 1.54) is 30.0 Å². The average Bonchev–Trinajstić information content (AvgIpc) is 3.08. The normalized spacial score (nSPS) is 14.4. The number of nitrogens with one attached hydrogen (secondary N) is 1. The number of nitro benzene ring substituents is 1. The molecule has 0 spiro atoms. The van der Waals surface area contributed by atoms with Crippen LogP contribution in [0.5, 0.6) is 0 Å². The minimum Gasteiger partial charge on any atom is -0.324 e. The molecule has 36 heavy (non-hydrogen) atoms. The Morgan fingerprint density at radius 1 is 1.06 bits per heavy atom. The van der Waals surface area contributed by atoms with E-state index >= 15 is 0 Å². The van der Waals surface area contributed by atoms with Gasteiger partial charge in [-0.3, -0.25) is 29.4 Å². The van der Waals surface area contributed by atoms with Crippen LogP contribution in [0.4, 0.5) is 16.2 Å². The van der Waals surface area contributed by atoms with Crippen LogP contribution in [-0.4, -0.2) is 33.4 Å². The number of amides is 3. The molecule has 0 aliphatic carbocycles. The molecule has 1 aliphatic rings. The monoisotopic (exact) mass is 559 g/mol. The van der Waals surface area contributed by atoms with Crippen molar-refractivity contribution in [2.45, 2.75) is 9.79 Å². The van der Waals surface area contributed by atoms with Crippen molar-refractivity contribution in [2.75, 3.05) is 11.9 Å². The Hall–Kier alpha value is -3.31. The molecule has 0 atom stereocenters. The maximum atomic E-state index is 12.8. The zero-order valence-corrected chi connectivity index (χ0v) is 21.3. The van der Waals surface area contributed by atoms with Gasteiger partial charge in [0.1, 0.15) is 6.54 Å². The van der Waals surface area contributed by atoms with Crippen molar-refractivity contribution in [1.82, 2.24) is 4.90 Å². The number of thioether (sulfide) groups is 1. The summed E-state index contributed by atoms with van der Waals surface area (Å²) in [6.07, 6.45) is 1.39. The fraction of sp³-hybridized carbons (Fsp3) is 0.0417. The molecule has 4 rings (SSSR count). The predicted molar refractivity (Wildman–Crippen MR) is 141 cm³/mol. The molecule has 182 valence electrons. The van der Waals surface area contributed by atoms with E-state index in [2.05, 4.69) is 5.32 Å². The number of halogens is 2. The fourth-order valence-electron chi connectivity index (χ4n) is 3.18. The van der Waals surface area contributed by atoms with Crippen molar-refractivity contribution < 1.29 is 19.3 Å². The topological polar surface area (TPSA) is 110 Å². The van der Waals surface area contributed by atoms with Gasteiger partial charge in [-0.1, -0.05) is 47.1 Å². The van der Waals surface area contributed by atoms with Gasteiger partial charge >= 0.3 is 0 Å². The summed E-state index contributed by atoms with van der Waals surface area (Å²) < 4.78 is 0. The van der Waals surface area contributed by atoms with Crippen molar-refractivity contribution in [3.63, 3.8) is 0 Å². The third kappa shape index (κ3) is 6.27. The van der Waals surface area contributed by atoms with Gasteiger partial charge in [0.25, 0.3) is 16.8 Å². The molecule has 1 N–H and O–H groups in total. The van der Waals surface area contributed by atoms with Crippen molar-refractivity contribution in [2.24, 2.45) is 0 Å². The molecule has 12 heteroatoms. The number of rotatable bonds is 7. The number of nitro groups is 1. The maximum absolute atomic E-state index is 12.8. The lowest BCUT2D eigenvalue weighted by Crippen LogP contribution is -2.36. The van der Waals surface area contributed by atoms with Gasteiger partial charge in [-0.2, -0.15) is 0 Å². The van der Waals surface area contributed by atoms with Gasteiger partial charge in [0.15, 0.2) is 0 Å². The number of imide groups is 1. The lowest BCUT2D eigenvalue weighted by Gasteiger charge is -2.12. The fourth-order valence-corrected chi connectivity index (χ4v) is 5.24. The molecule has 1 aliphatic heterocycles. The Morgan fingerprint density at radius 2 is 1.81 bits per heavy atom. The molecule has 3 amide bonds. The summed E-state index contributed by atoms with van der Waals surface area (Å²) >= 11 is 13.7. The number of hydrogen-bond acceptors (Lipinski definition) is 7. The minimum absolute atomic E-state index is 0.0583. The molecule has 3 aromatic rings. The van der Waals surface area contributed by atoms with E-state index in [0.29, 0.717) is 38.0 Å². The summed E-state index contributed by atoms with van der Waals surface area (Å²) in [6, 6.07) is 17.9. The molecule has 1 fully saturated rings. The third-order valence-corrected chi connectivity index (χ3v) is 7.27. The van der Waals surface area contributed by atoms with E-state index in [1.807, 2.05) is 0 Å². The highest BCUT2D eigenvalue weighted by atomic mass is 35.5. The highest BCUT2D eigenvalue weighted by molar-refractivity contribution is 8.18. The van der Waals surface area contributed by atoms with E-state index in [-0.39, 0.29) is 10.6 Å². The van der Waals surface area contributed by atoms with Crippen LogP contribution in [0.25, 0.3) is 6.08 Å². The predicted octanol–water partition coefficient (Wildman–Crippen LogP) is 6.73. The summed E-state index contributed by atoms with van der Waals surface area (Å²) in [5, 5.41) is 14.6. The molecule has 0 saturated carbocycles. The van der Waals surface area contributed by atoms with E-state index in [4.69, 9.17) is 23.2 Å². The lowest BCUT2D eigenvalue weighted by atomic mass is 10.2. The Labute approximate surface area is 223 Å². The van der Waals surface area contributed by atoms with Crippen LogP contribution < -0.4 is 5.32 Å². The van der Waals surface area contributed by atoms with Crippen LogP contribution in [0.1, 0.15) is 5.56 Å². The summed E-state index contributed by atoms with van der Waals surface area (Å²) in [7, 11) is 0. The number of carbonyl (C=O) groups excluding carboxylic acids is 3. The lowest BCUT2D eigenvalue weighted by molar-refractivity contribution is -0.387. The minimum atomic E-state index is -0.659. The van der Waals surface area contributed by atoms with Gasteiger partial charge in [-0.15, -0.1) is 0 Å². The SMILES string of the molecule is O=C(CN1C(=O)S/C(=C\c2ccc(Sc3ccc(Cl)cc3)c([N+](=O)[O-])c2)C1=O)Nc1cccc(Cl)c1. The third-order valence-electron chi connectivity index (χ3n) is 4.80. The smallest absolute Gasteiger partial charge is 0.294 e. The highest BCUT2D eigenvalue weighted by Crippen LogP contribution is 2.37. The summed E-state index contributed by atoms with van der Waals surface area (Å²) in [5.74, 6) is -1.23. The van der Waals surface area contributed by atoms with Crippen LogP contribution in [-0.2, 0) is 9.59 Å². The van der Waals surface area contributed by atoms with Crippen molar-refractivity contribution in [1.29, 1.82) is 0 Å². The average molecular weight is 560 g/mol. The van der Waals surface area contributed by atoms with Gasteiger partial charge in [0, 0.05) is 26.7 Å². The van der Waals surface area contributed by atoms with Crippen molar-refractivity contribution in [3.05, 3.63) is 97.4 Å². The Kier molecular flexibility index (Phi) is 8.00. The quantitative estimate of drug-likeness (QED) is 0.194. The van der Waals surface area contributed by atoms with Crippen LogP contribution >= 0.6 is 46.7 Å². The maximum Gasteiger partial charge on any atom is 0.294 e. The molecule has 8 nitrogen and oxygen atoms in total. The summed E-state index contributed by atoms with van der Waals surface area (Å²) in [6.45, 7) is -0.481. The number of anilines is 1. The van der Waals surface area contributed by atoms with Crippen molar-refractivity contribution in [3.8, 4) is 0 Å². The summed E-state index contributed by atoms with van der Waals surface area (Å²) in [4.78, 5) is 50.7. The van der Waals surface area contributed by atoms with Crippen LogP contribution in [0.3, 0.4) is 0 Å². The van der Waals surface area contributed by atoms with Gasteiger partial charge in [-0.05, 0) is 71.9 Å². The molecule has 3 aromatic carbocycles. The number of hydrogen-bond donors (Lipinski definition) is 1. The Balaban J connectivity index is 1.49. The van der Waals surface area contributed by atoms with E-state index in [0.717, 1.165) is 9.80 Å². The van der Waals surface area contributed by atoms with E-state index in [9.17, 15) is 24.5 Å². The first-order valence-corrected chi connectivity index (χ1v) is 12.6. The molecule has 0 radical (unpaired) electrons. The first-order valence-electron chi connectivity index (χ1n) is 10.2. The van der Waals surface area contributed by atoms with Gasteiger partial charge in [-0.25, -0.2) is 0 Å². The standard InChI is InChI=1S/C24H15Cl2N3O5S2/c25-15-5-7-18(8-6-15)35-20-9-4-14(10-19(20)29(33)34)11-21-23(31)28(24(32)36-21)13-22(30)27-17-3-1-2-16(26)12-17/h1-12H,13H2,(H,27,30)/b21-11-. The second kappa shape index (κ2) is 11.2. The van der Waals surface area contributed by atoms with Crippen LogP contribution in [0.2, 0.25) is 10.0 Å².